The monoisotopic (exact) mass is 316 g/mol. The van der Waals surface area contributed by atoms with E-state index in [1.165, 1.54) is 25.7 Å². The molecule has 1 aromatic rings. The number of hydrogen-bond acceptors (Lipinski definition) is 3. The number of guanidine groups is 1. The molecule has 1 aliphatic carbocycles. The molecular weight excluding hydrogens is 288 g/mol. The molecule has 5 nitrogen and oxygen atoms in total. The third kappa shape index (κ3) is 3.95. The zero-order valence-electron chi connectivity index (χ0n) is 14.3. The molecule has 1 saturated carbocycles. The second-order valence-electron chi connectivity index (χ2n) is 6.59. The Morgan fingerprint density at radius 3 is 2.74 bits per heavy atom. The molecule has 126 valence electrons. The van der Waals surface area contributed by atoms with Gasteiger partial charge in [0.05, 0.1) is 13.7 Å². The van der Waals surface area contributed by atoms with E-state index in [0.29, 0.717) is 12.4 Å². The van der Waals surface area contributed by atoms with Crippen LogP contribution in [0, 0.1) is 11.8 Å². The zero-order chi connectivity index (χ0) is 16.1. The van der Waals surface area contributed by atoms with Gasteiger partial charge in [-0.15, -0.1) is 0 Å². The number of rotatable bonds is 4. The fourth-order valence-corrected chi connectivity index (χ4v) is 3.83. The molecule has 0 spiro atoms. The van der Waals surface area contributed by atoms with Gasteiger partial charge in [-0.25, -0.2) is 9.98 Å². The molecule has 0 bridgehead atoms. The van der Waals surface area contributed by atoms with Gasteiger partial charge in [-0.05, 0) is 43.2 Å². The number of ether oxygens (including phenoxy) is 1. The van der Waals surface area contributed by atoms with Crippen molar-refractivity contribution in [2.75, 3.05) is 26.7 Å². The van der Waals surface area contributed by atoms with Gasteiger partial charge in [0.1, 0.15) is 0 Å². The molecule has 5 heteroatoms. The summed E-state index contributed by atoms with van der Waals surface area (Å²) in [5, 5.41) is 3.46. The molecule has 0 amide bonds. The minimum absolute atomic E-state index is 0.648. The van der Waals surface area contributed by atoms with Crippen molar-refractivity contribution in [2.24, 2.45) is 16.8 Å². The Balaban J connectivity index is 1.68. The van der Waals surface area contributed by atoms with E-state index in [1.807, 2.05) is 12.1 Å². The molecular formula is C18H28N4O. The minimum Gasteiger partial charge on any atom is -0.481 e. The number of pyridine rings is 1. The molecule has 1 N–H and O–H groups in total. The lowest BCUT2D eigenvalue weighted by Gasteiger charge is -2.22. The number of aliphatic imine (C=N–C) groups is 1. The molecule has 2 unspecified atom stereocenters. The van der Waals surface area contributed by atoms with Crippen molar-refractivity contribution >= 4 is 5.96 Å². The van der Waals surface area contributed by atoms with Gasteiger partial charge in [-0.2, -0.15) is 0 Å². The smallest absolute Gasteiger partial charge is 0.213 e. The van der Waals surface area contributed by atoms with E-state index in [4.69, 9.17) is 9.73 Å². The van der Waals surface area contributed by atoms with E-state index in [9.17, 15) is 0 Å². The summed E-state index contributed by atoms with van der Waals surface area (Å²) >= 11 is 0. The Hall–Kier alpha value is -1.78. The molecule has 2 atom stereocenters. The average molecular weight is 316 g/mol. The van der Waals surface area contributed by atoms with Crippen molar-refractivity contribution < 1.29 is 4.74 Å². The van der Waals surface area contributed by atoms with Crippen LogP contribution in [0.1, 0.15) is 38.2 Å². The van der Waals surface area contributed by atoms with E-state index in [1.54, 1.807) is 13.3 Å². The SMILES string of the molecule is CCNC(=NCc1ccnc(OC)c1)N1CC2CCCCC2C1. The van der Waals surface area contributed by atoms with Crippen molar-refractivity contribution in [3.05, 3.63) is 23.9 Å². The molecule has 2 aliphatic rings. The highest BCUT2D eigenvalue weighted by atomic mass is 16.5. The van der Waals surface area contributed by atoms with Crippen molar-refractivity contribution in [1.29, 1.82) is 0 Å². The number of nitrogens with zero attached hydrogens (tertiary/aromatic N) is 3. The lowest BCUT2D eigenvalue weighted by molar-refractivity contribution is 0.299. The number of nitrogens with one attached hydrogen (secondary N) is 1. The molecule has 1 saturated heterocycles. The van der Waals surface area contributed by atoms with Crippen molar-refractivity contribution in [3.63, 3.8) is 0 Å². The van der Waals surface area contributed by atoms with Crippen LogP contribution in [0.15, 0.2) is 23.3 Å². The average Bonchev–Trinajstić information content (AvgIpc) is 3.02. The summed E-state index contributed by atoms with van der Waals surface area (Å²) in [6.45, 7) is 6.03. The van der Waals surface area contributed by atoms with Crippen LogP contribution < -0.4 is 10.1 Å². The maximum absolute atomic E-state index is 5.19. The number of methoxy groups -OCH3 is 1. The second kappa shape index (κ2) is 7.66. The Morgan fingerprint density at radius 2 is 2.09 bits per heavy atom. The fourth-order valence-electron chi connectivity index (χ4n) is 3.83. The first-order valence-electron chi connectivity index (χ1n) is 8.82. The molecule has 23 heavy (non-hydrogen) atoms. The topological polar surface area (TPSA) is 49.8 Å². The number of aromatic nitrogens is 1. The van der Waals surface area contributed by atoms with Crippen LogP contribution in [0.5, 0.6) is 5.88 Å². The fraction of sp³-hybridized carbons (Fsp3) is 0.667. The van der Waals surface area contributed by atoms with Gasteiger partial charge in [0.2, 0.25) is 5.88 Å². The third-order valence-electron chi connectivity index (χ3n) is 5.03. The normalized spacial score (nSPS) is 24.4. The van der Waals surface area contributed by atoms with Crippen LogP contribution in [0.2, 0.25) is 0 Å². The van der Waals surface area contributed by atoms with Gasteiger partial charge in [-0.3, -0.25) is 0 Å². The first-order valence-corrected chi connectivity index (χ1v) is 8.82. The molecule has 0 radical (unpaired) electrons. The first-order chi connectivity index (χ1) is 11.3. The molecule has 3 rings (SSSR count). The van der Waals surface area contributed by atoms with Crippen LogP contribution in [0.4, 0.5) is 0 Å². The summed E-state index contributed by atoms with van der Waals surface area (Å²) in [6, 6.07) is 3.95. The van der Waals surface area contributed by atoms with Crippen LogP contribution in [-0.2, 0) is 6.54 Å². The summed E-state index contributed by atoms with van der Waals surface area (Å²) < 4.78 is 5.19. The van der Waals surface area contributed by atoms with E-state index in [0.717, 1.165) is 43.0 Å². The molecule has 1 aliphatic heterocycles. The van der Waals surface area contributed by atoms with E-state index in [2.05, 4.69) is 22.1 Å². The molecule has 2 heterocycles. The third-order valence-corrected chi connectivity index (χ3v) is 5.03. The van der Waals surface area contributed by atoms with Gasteiger partial charge < -0.3 is 15.0 Å². The Bertz CT molecular complexity index is 532. The lowest BCUT2D eigenvalue weighted by atomic mass is 9.82. The van der Waals surface area contributed by atoms with Gasteiger partial charge in [0.25, 0.3) is 0 Å². The van der Waals surface area contributed by atoms with Crippen molar-refractivity contribution in [3.8, 4) is 5.88 Å². The van der Waals surface area contributed by atoms with Gasteiger partial charge in [0.15, 0.2) is 5.96 Å². The van der Waals surface area contributed by atoms with Crippen LogP contribution in [-0.4, -0.2) is 42.6 Å². The van der Waals surface area contributed by atoms with E-state index < -0.39 is 0 Å². The maximum Gasteiger partial charge on any atom is 0.213 e. The zero-order valence-corrected chi connectivity index (χ0v) is 14.3. The van der Waals surface area contributed by atoms with E-state index >= 15 is 0 Å². The summed E-state index contributed by atoms with van der Waals surface area (Å²) in [5.41, 5.74) is 1.13. The summed E-state index contributed by atoms with van der Waals surface area (Å²) in [4.78, 5) is 11.5. The van der Waals surface area contributed by atoms with Crippen LogP contribution >= 0.6 is 0 Å². The minimum atomic E-state index is 0.648. The summed E-state index contributed by atoms with van der Waals surface area (Å²) in [5.74, 6) is 3.44. The number of likely N-dealkylation sites (tertiary alicyclic amines) is 1. The van der Waals surface area contributed by atoms with Crippen molar-refractivity contribution in [1.82, 2.24) is 15.2 Å². The van der Waals surface area contributed by atoms with Gasteiger partial charge in [0, 0.05) is 31.9 Å². The number of fused-ring (bicyclic) bond motifs is 1. The summed E-state index contributed by atoms with van der Waals surface area (Å²) in [7, 11) is 1.64. The Labute approximate surface area is 139 Å². The Morgan fingerprint density at radius 1 is 1.35 bits per heavy atom. The van der Waals surface area contributed by atoms with Crippen molar-refractivity contribution in [2.45, 2.75) is 39.2 Å². The predicted octanol–water partition coefficient (Wildman–Crippen LogP) is 2.68. The van der Waals surface area contributed by atoms with Gasteiger partial charge >= 0.3 is 0 Å². The van der Waals surface area contributed by atoms with Crippen LogP contribution in [0.3, 0.4) is 0 Å². The number of hydrogen-bond donors (Lipinski definition) is 1. The standard InChI is InChI=1S/C18H28N4O/c1-3-19-18(21-11-14-8-9-20-17(10-14)23-2)22-12-15-6-4-5-7-16(15)13-22/h8-10,15-16H,3-7,11-13H2,1-2H3,(H,19,21). The first kappa shape index (κ1) is 16.1. The quantitative estimate of drug-likeness (QED) is 0.685. The maximum atomic E-state index is 5.19. The predicted molar refractivity (Wildman–Crippen MR) is 92.6 cm³/mol. The largest absolute Gasteiger partial charge is 0.481 e. The molecule has 2 fully saturated rings. The summed E-state index contributed by atoms with van der Waals surface area (Å²) in [6.07, 6.45) is 7.37. The van der Waals surface area contributed by atoms with Gasteiger partial charge in [-0.1, -0.05) is 12.8 Å². The Kier molecular flexibility index (Phi) is 5.36. The molecule has 1 aromatic heterocycles. The highest BCUT2D eigenvalue weighted by Gasteiger charge is 2.35. The van der Waals surface area contributed by atoms with Crippen LogP contribution in [0.25, 0.3) is 0 Å². The second-order valence-corrected chi connectivity index (χ2v) is 6.59. The highest BCUT2D eigenvalue weighted by molar-refractivity contribution is 5.80. The van der Waals surface area contributed by atoms with E-state index in [-0.39, 0.29) is 0 Å². The molecule has 0 aromatic carbocycles. The lowest BCUT2D eigenvalue weighted by Crippen LogP contribution is -2.40. The highest BCUT2D eigenvalue weighted by Crippen LogP contribution is 2.35.